The lowest BCUT2D eigenvalue weighted by atomic mass is 10.7. The first-order chi connectivity index (χ1) is 3.56. The van der Waals surface area contributed by atoms with Crippen LogP contribution in [-0.2, 0) is 0 Å². The number of hydrogen-bond acceptors (Lipinski definition) is 0. The summed E-state index contributed by atoms with van der Waals surface area (Å²) >= 11 is 0. The van der Waals surface area contributed by atoms with Crippen LogP contribution in [0.4, 0.5) is 0 Å². The van der Waals surface area contributed by atoms with Gasteiger partial charge in [0.05, 0.1) is 0 Å². The van der Waals surface area contributed by atoms with Crippen LogP contribution >= 0.6 is 0 Å². The third-order valence-corrected chi connectivity index (χ3v) is 1.38. The molecule has 1 heteroatoms. The first-order valence-electron chi connectivity index (χ1n) is 2.50. The van der Waals surface area contributed by atoms with Crippen molar-refractivity contribution in [3.8, 4) is 17.4 Å². The summed E-state index contributed by atoms with van der Waals surface area (Å²) in [6.07, 6.45) is 6.48. The van der Waals surface area contributed by atoms with Crippen LogP contribution in [0.2, 0.25) is 19.6 Å². The minimum Gasteiger partial charge on any atom is -0.358 e. The SMILES string of the molecule is [C-]#CC#C[Si](C)(C)C. The van der Waals surface area contributed by atoms with Gasteiger partial charge in [-0.2, -0.15) is 0 Å². The molecule has 0 aromatic carbocycles. The molecule has 0 N–H and O–H groups in total. The largest absolute Gasteiger partial charge is 0.358 e. The molecule has 0 saturated carbocycles. The van der Waals surface area contributed by atoms with Gasteiger partial charge in [0.2, 0.25) is 0 Å². The van der Waals surface area contributed by atoms with E-state index in [1.807, 2.05) is 5.92 Å². The van der Waals surface area contributed by atoms with E-state index in [0.29, 0.717) is 0 Å². The predicted molar refractivity (Wildman–Crippen MR) is 38.3 cm³/mol. The molecule has 0 unspecified atom stereocenters. The van der Waals surface area contributed by atoms with Crippen LogP contribution < -0.4 is 0 Å². The van der Waals surface area contributed by atoms with Crippen molar-refractivity contribution < 1.29 is 0 Å². The molecule has 0 nitrogen and oxygen atoms in total. The standard InChI is InChI=1S/C7H9Si/c1-5-6-7-8(2,3)4/h2-4H3/q-1. The van der Waals surface area contributed by atoms with Crippen molar-refractivity contribution in [3.63, 3.8) is 0 Å². The first kappa shape index (κ1) is 7.34. The van der Waals surface area contributed by atoms with Crippen LogP contribution in [0.1, 0.15) is 0 Å². The van der Waals surface area contributed by atoms with Gasteiger partial charge in [-0.25, -0.2) is 5.54 Å². The summed E-state index contributed by atoms with van der Waals surface area (Å²) in [7, 11) is -1.22. The van der Waals surface area contributed by atoms with E-state index in [4.69, 9.17) is 6.42 Å². The molecular formula is C7H9Si-. The highest BCUT2D eigenvalue weighted by Crippen LogP contribution is 1.95. The smallest absolute Gasteiger partial charge is 0.103 e. The monoisotopic (exact) mass is 121 g/mol. The molecule has 0 aromatic rings. The van der Waals surface area contributed by atoms with E-state index in [2.05, 4.69) is 31.1 Å². The first-order valence-corrected chi connectivity index (χ1v) is 6.00. The molecule has 0 aromatic heterocycles. The summed E-state index contributed by atoms with van der Waals surface area (Å²) in [6, 6.07) is 0. The molecule has 0 rings (SSSR count). The van der Waals surface area contributed by atoms with Crippen LogP contribution in [-0.4, -0.2) is 8.07 Å². The highest BCUT2D eigenvalue weighted by Gasteiger charge is 2.03. The molecular weight excluding hydrogens is 112 g/mol. The summed E-state index contributed by atoms with van der Waals surface area (Å²) in [4.78, 5) is 0. The van der Waals surface area contributed by atoms with Crippen molar-refractivity contribution in [1.29, 1.82) is 0 Å². The van der Waals surface area contributed by atoms with Gasteiger partial charge < -0.3 is 6.42 Å². The Balaban J connectivity index is 3.93. The maximum atomic E-state index is 6.48. The van der Waals surface area contributed by atoms with Crippen molar-refractivity contribution in [2.75, 3.05) is 0 Å². The van der Waals surface area contributed by atoms with Crippen molar-refractivity contribution in [3.05, 3.63) is 6.42 Å². The van der Waals surface area contributed by atoms with Gasteiger partial charge in [0.15, 0.2) is 0 Å². The summed E-state index contributed by atoms with van der Waals surface area (Å²) in [6.45, 7) is 6.41. The second kappa shape index (κ2) is 2.60. The van der Waals surface area contributed by atoms with Gasteiger partial charge in [-0.05, 0) is 0 Å². The van der Waals surface area contributed by atoms with E-state index in [-0.39, 0.29) is 0 Å². The van der Waals surface area contributed by atoms with Gasteiger partial charge in [0.25, 0.3) is 0 Å². The molecule has 0 aliphatic carbocycles. The zero-order valence-corrected chi connectivity index (χ0v) is 6.50. The lowest BCUT2D eigenvalue weighted by Gasteiger charge is -2.05. The summed E-state index contributed by atoms with van der Waals surface area (Å²) in [5.74, 6) is 4.56. The normalized spacial score (nSPS) is 8.75. The zero-order valence-electron chi connectivity index (χ0n) is 5.50. The van der Waals surface area contributed by atoms with Gasteiger partial charge in [0, 0.05) is 0 Å². The Hall–Kier alpha value is -0.663. The molecule has 0 aliphatic heterocycles. The van der Waals surface area contributed by atoms with Gasteiger partial charge in [0.1, 0.15) is 8.07 Å². The summed E-state index contributed by atoms with van der Waals surface area (Å²) in [5, 5.41) is 0. The van der Waals surface area contributed by atoms with Crippen molar-refractivity contribution >= 4 is 8.07 Å². The molecule has 42 valence electrons. The lowest BCUT2D eigenvalue weighted by Crippen LogP contribution is -2.16. The van der Waals surface area contributed by atoms with Crippen LogP contribution in [0.25, 0.3) is 0 Å². The maximum absolute atomic E-state index is 6.48. The fourth-order valence-electron chi connectivity index (χ4n) is 0.219. The van der Waals surface area contributed by atoms with Crippen molar-refractivity contribution in [2.24, 2.45) is 0 Å². The third-order valence-electron chi connectivity index (χ3n) is 0.500. The number of rotatable bonds is 0. The van der Waals surface area contributed by atoms with Gasteiger partial charge in [-0.3, -0.25) is 11.8 Å². The van der Waals surface area contributed by atoms with Crippen LogP contribution in [0.15, 0.2) is 0 Å². The summed E-state index contributed by atoms with van der Waals surface area (Å²) in [5.41, 5.74) is 2.96. The molecule has 0 spiro atoms. The van der Waals surface area contributed by atoms with Gasteiger partial charge in [-0.15, -0.1) is 0 Å². The van der Waals surface area contributed by atoms with E-state index in [0.717, 1.165) is 0 Å². The second-order valence-electron chi connectivity index (χ2n) is 2.62. The molecule has 0 atom stereocenters. The topological polar surface area (TPSA) is 0 Å². The average molecular weight is 121 g/mol. The summed E-state index contributed by atoms with van der Waals surface area (Å²) < 4.78 is 0. The highest BCUT2D eigenvalue weighted by molar-refractivity contribution is 6.83. The van der Waals surface area contributed by atoms with Crippen LogP contribution in [0, 0.1) is 23.8 Å². The third kappa shape index (κ3) is 5.34. The fraction of sp³-hybridized carbons (Fsp3) is 0.429. The molecule has 0 aliphatic rings. The maximum Gasteiger partial charge on any atom is 0.103 e. The Morgan fingerprint density at radius 1 is 1.25 bits per heavy atom. The second-order valence-corrected chi connectivity index (χ2v) is 7.38. The fourth-order valence-corrected chi connectivity index (χ4v) is 0.656. The number of hydrogen-bond donors (Lipinski definition) is 0. The van der Waals surface area contributed by atoms with Crippen molar-refractivity contribution in [2.45, 2.75) is 19.6 Å². The average Bonchev–Trinajstić information content (AvgIpc) is 1.59. The molecule has 0 heterocycles. The van der Waals surface area contributed by atoms with Crippen LogP contribution in [0.3, 0.4) is 0 Å². The van der Waals surface area contributed by atoms with Gasteiger partial charge in [-0.1, -0.05) is 19.6 Å². The quantitative estimate of drug-likeness (QED) is 0.258. The van der Waals surface area contributed by atoms with Crippen LogP contribution in [0.5, 0.6) is 0 Å². The molecule has 0 radical (unpaired) electrons. The Morgan fingerprint density at radius 2 is 1.75 bits per heavy atom. The Kier molecular flexibility index (Phi) is 2.38. The predicted octanol–water partition coefficient (Wildman–Crippen LogP) is 1.46. The molecule has 0 saturated heterocycles. The lowest BCUT2D eigenvalue weighted by molar-refractivity contribution is 1.81. The molecule has 8 heavy (non-hydrogen) atoms. The Labute approximate surface area is 52.3 Å². The van der Waals surface area contributed by atoms with Crippen molar-refractivity contribution in [1.82, 2.24) is 0 Å². The van der Waals surface area contributed by atoms with E-state index in [9.17, 15) is 0 Å². The zero-order chi connectivity index (χ0) is 6.62. The highest BCUT2D eigenvalue weighted by atomic mass is 28.3. The van der Waals surface area contributed by atoms with E-state index in [1.165, 1.54) is 0 Å². The van der Waals surface area contributed by atoms with E-state index in [1.54, 1.807) is 0 Å². The minimum atomic E-state index is -1.22. The molecule has 0 amide bonds. The molecule has 0 bridgehead atoms. The van der Waals surface area contributed by atoms with Gasteiger partial charge >= 0.3 is 0 Å². The molecule has 0 fully saturated rings. The minimum absolute atomic E-state index is 1.22. The van der Waals surface area contributed by atoms with E-state index >= 15 is 0 Å². The Bertz CT molecular complexity index is 156. The van der Waals surface area contributed by atoms with E-state index < -0.39 is 8.07 Å². The Morgan fingerprint density at radius 3 is 1.88 bits per heavy atom.